The summed E-state index contributed by atoms with van der Waals surface area (Å²) in [5.41, 5.74) is 17.7. The number of carbonyl (C=O) groups is 3. The molecule has 0 atom stereocenters. The van der Waals surface area contributed by atoms with Gasteiger partial charge in [-0.05, 0) is 113 Å². The van der Waals surface area contributed by atoms with Gasteiger partial charge in [0.05, 0.1) is 0 Å². The van der Waals surface area contributed by atoms with Gasteiger partial charge in [0.2, 0.25) is 0 Å². The lowest BCUT2D eigenvalue weighted by atomic mass is 9.83. The minimum Gasteiger partial charge on any atom is -0.465 e. The molecule has 0 fully saturated rings. The van der Waals surface area contributed by atoms with Gasteiger partial charge in [0.1, 0.15) is 19.8 Å². The average Bonchev–Trinajstić information content (AvgIpc) is 3.84. The van der Waals surface area contributed by atoms with Crippen molar-refractivity contribution in [2.24, 2.45) is 0 Å². The van der Waals surface area contributed by atoms with Crippen molar-refractivity contribution < 1.29 is 28.6 Å². The molecule has 0 heterocycles. The van der Waals surface area contributed by atoms with E-state index < -0.39 is 0 Å². The van der Waals surface area contributed by atoms with Crippen LogP contribution >= 0.6 is 31.9 Å². The monoisotopic (exact) mass is 998 g/mol. The summed E-state index contributed by atoms with van der Waals surface area (Å²) < 4.78 is 18.0. The van der Waals surface area contributed by atoms with E-state index in [9.17, 15) is 14.4 Å². The highest BCUT2D eigenvalue weighted by atomic mass is 79.9. The maximum atomic E-state index is 11.5. The van der Waals surface area contributed by atoms with Crippen molar-refractivity contribution in [3.8, 4) is 33.4 Å². The molecule has 9 rings (SSSR count). The fourth-order valence-corrected chi connectivity index (χ4v) is 9.75. The van der Waals surface area contributed by atoms with Crippen LogP contribution in [0.15, 0.2) is 130 Å². The second kappa shape index (κ2) is 20.1. The van der Waals surface area contributed by atoms with E-state index in [0.29, 0.717) is 19.8 Å². The van der Waals surface area contributed by atoms with Gasteiger partial charge in [-0.1, -0.05) is 178 Å². The molecule has 6 nitrogen and oxygen atoms in total. The van der Waals surface area contributed by atoms with Crippen LogP contribution < -0.4 is 0 Å². The van der Waals surface area contributed by atoms with Crippen LogP contribution in [0.2, 0.25) is 0 Å². The predicted molar refractivity (Wildman–Crippen MR) is 271 cm³/mol. The Balaban J connectivity index is 0.000000163. The van der Waals surface area contributed by atoms with Gasteiger partial charge in [0.15, 0.2) is 0 Å². The number of halogens is 2. The summed E-state index contributed by atoms with van der Waals surface area (Å²) in [4.78, 5) is 33.6. The Hall–Kier alpha value is -5.31. The van der Waals surface area contributed by atoms with E-state index in [-0.39, 0.29) is 53.9 Å². The van der Waals surface area contributed by atoms with Crippen LogP contribution in [-0.4, -0.2) is 37.7 Å². The molecule has 3 aliphatic carbocycles. The molecule has 0 unspecified atom stereocenters. The smallest absolute Gasteiger partial charge is 0.302 e. The van der Waals surface area contributed by atoms with Crippen LogP contribution in [0.5, 0.6) is 0 Å². The maximum Gasteiger partial charge on any atom is 0.302 e. The van der Waals surface area contributed by atoms with Gasteiger partial charge in [0.25, 0.3) is 0 Å². The lowest BCUT2D eigenvalue weighted by Gasteiger charge is -2.22. The van der Waals surface area contributed by atoms with Gasteiger partial charge in [-0.25, -0.2) is 0 Å². The molecule has 6 aromatic carbocycles. The molecule has 0 radical (unpaired) electrons. The Morgan fingerprint density at radius 3 is 1.02 bits per heavy atom. The number of carbonyl (C=O) groups excluding carboxylic acids is 3. The van der Waals surface area contributed by atoms with Gasteiger partial charge in [0, 0.05) is 47.5 Å². The Kier molecular flexibility index (Phi) is 15.2. The number of hydrogen-bond acceptors (Lipinski definition) is 6. The molecule has 0 amide bonds. The quantitative estimate of drug-likeness (QED) is 0.122. The van der Waals surface area contributed by atoms with Crippen molar-refractivity contribution in [1.29, 1.82) is 0 Å². The summed E-state index contributed by atoms with van der Waals surface area (Å²) in [6.07, 6.45) is 0. The van der Waals surface area contributed by atoms with Crippen LogP contribution in [0.4, 0.5) is 0 Å². The Morgan fingerprint density at radius 1 is 0.415 bits per heavy atom. The number of esters is 3. The average molecular weight is 1000 g/mol. The number of fused-ring (bicyclic) bond motifs is 9. The van der Waals surface area contributed by atoms with Crippen LogP contribution in [0.1, 0.15) is 132 Å². The largest absolute Gasteiger partial charge is 0.465 e. The summed E-state index contributed by atoms with van der Waals surface area (Å²) >= 11 is 7.03. The normalized spacial score (nSPS) is 13.2. The van der Waals surface area contributed by atoms with Gasteiger partial charge < -0.3 is 14.2 Å². The molecule has 0 spiro atoms. The zero-order valence-corrected chi connectivity index (χ0v) is 41.3. The van der Waals surface area contributed by atoms with Crippen LogP contribution in [-0.2, 0) is 39.4 Å². The Labute approximate surface area is 402 Å². The van der Waals surface area contributed by atoms with Gasteiger partial charge in [-0.2, -0.15) is 0 Å². The first-order valence-electron chi connectivity index (χ1n) is 21.8. The third-order valence-electron chi connectivity index (χ3n) is 12.3. The molecule has 0 N–H and O–H groups in total. The fourth-order valence-electron chi connectivity index (χ4n) is 9.00. The van der Waals surface area contributed by atoms with Gasteiger partial charge >= 0.3 is 17.9 Å². The number of rotatable bonds is 6. The topological polar surface area (TPSA) is 78.9 Å². The van der Waals surface area contributed by atoms with Gasteiger partial charge in [-0.3, -0.25) is 14.4 Å². The van der Waals surface area contributed by atoms with Crippen LogP contribution in [0.25, 0.3) is 33.4 Å². The summed E-state index contributed by atoms with van der Waals surface area (Å²) in [6.45, 7) is 19.0. The maximum absolute atomic E-state index is 11.5. The van der Waals surface area contributed by atoms with E-state index in [2.05, 4.69) is 158 Å². The first-order chi connectivity index (χ1) is 30.3. The summed E-state index contributed by atoms with van der Waals surface area (Å²) in [5, 5.41) is 0. The van der Waals surface area contributed by atoms with E-state index in [1.807, 2.05) is 36.4 Å². The summed E-state index contributed by atoms with van der Waals surface area (Å²) in [7, 11) is 0. The van der Waals surface area contributed by atoms with Crippen molar-refractivity contribution in [2.45, 2.75) is 98.3 Å². The molecule has 8 heteroatoms. The standard InChI is InChI=1S/C24H30O2.C16H12Br2O2.C16H14O2.CH4/c1-15(25)26-14-22-20-12-16(23(2,3)4)8-10-18(20)19-11-9-17(13-21(19)22)24(5,6)7;1-9(19)20-8-16-14-6-10(17)2-4-12(14)13-5-3-11(18)7-15(13)16;1-11(17)18-10-16-14-8-4-2-6-12(14)13-7-3-5-9-15(13)16;/h8-13,22H,14H2,1-7H3;2-7,16H,8H2,1H3;2-9,16H,10H2,1H3;1H4. The van der Waals surface area contributed by atoms with Gasteiger partial charge in [-0.15, -0.1) is 0 Å². The number of ether oxygens (including phenoxy) is 3. The first kappa shape index (κ1) is 49.1. The van der Waals surface area contributed by atoms with Crippen LogP contribution in [0.3, 0.4) is 0 Å². The number of hydrogen-bond donors (Lipinski definition) is 0. The number of benzene rings is 6. The van der Waals surface area contributed by atoms with Crippen molar-refractivity contribution in [2.75, 3.05) is 19.8 Å². The lowest BCUT2D eigenvalue weighted by Crippen LogP contribution is -2.15. The van der Waals surface area contributed by atoms with E-state index in [0.717, 1.165) is 8.95 Å². The third kappa shape index (κ3) is 10.9. The fraction of sp³-hybridized carbons (Fsp3) is 0.316. The predicted octanol–water partition coefficient (Wildman–Crippen LogP) is 14.8. The van der Waals surface area contributed by atoms with Crippen molar-refractivity contribution in [3.63, 3.8) is 0 Å². The highest BCUT2D eigenvalue weighted by molar-refractivity contribution is 9.10. The third-order valence-corrected chi connectivity index (χ3v) is 13.3. The molecule has 3 aliphatic rings. The molecule has 0 aromatic heterocycles. The summed E-state index contributed by atoms with van der Waals surface area (Å²) in [6, 6.07) is 42.7. The highest BCUT2D eigenvalue weighted by Crippen LogP contribution is 2.49. The molecule has 6 aromatic rings. The molecule has 0 bridgehead atoms. The molecule has 0 saturated carbocycles. The molecule has 0 aliphatic heterocycles. The Bertz CT molecular complexity index is 2580. The molecule has 0 saturated heterocycles. The minimum atomic E-state index is -0.245. The van der Waals surface area contributed by atoms with Crippen molar-refractivity contribution in [3.05, 3.63) is 175 Å². The Morgan fingerprint density at radius 2 is 0.692 bits per heavy atom. The molecule has 338 valence electrons. The highest BCUT2D eigenvalue weighted by Gasteiger charge is 2.33. The lowest BCUT2D eigenvalue weighted by molar-refractivity contribution is -0.142. The van der Waals surface area contributed by atoms with E-state index in [1.54, 1.807) is 0 Å². The zero-order valence-electron chi connectivity index (χ0n) is 38.1. The molecular formula is C57H60Br2O6. The second-order valence-electron chi connectivity index (χ2n) is 18.8. The van der Waals surface area contributed by atoms with Crippen molar-refractivity contribution >= 4 is 49.8 Å². The van der Waals surface area contributed by atoms with E-state index in [1.165, 1.54) is 98.7 Å². The minimum absolute atomic E-state index is 0. The summed E-state index contributed by atoms with van der Waals surface area (Å²) in [5.74, 6) is -0.325. The van der Waals surface area contributed by atoms with E-state index in [4.69, 9.17) is 14.2 Å². The second-order valence-corrected chi connectivity index (χ2v) is 20.6. The first-order valence-corrected chi connectivity index (χ1v) is 23.4. The SMILES string of the molecule is C.CC(=O)OCC1c2cc(Br)ccc2-c2ccc(Br)cc21.CC(=O)OCC1c2cc(C(C)(C)C)ccc2-c2ccc(C(C)(C)C)cc21.CC(=O)OCC1c2ccccc2-c2ccccc21. The zero-order chi connectivity index (χ0) is 46.1. The molecule has 65 heavy (non-hydrogen) atoms. The molecular weight excluding hydrogens is 940 g/mol. The van der Waals surface area contributed by atoms with Crippen molar-refractivity contribution in [1.82, 2.24) is 0 Å². The van der Waals surface area contributed by atoms with Crippen LogP contribution in [0, 0.1) is 0 Å². The van der Waals surface area contributed by atoms with E-state index >= 15 is 0 Å².